The van der Waals surface area contributed by atoms with Crippen molar-refractivity contribution in [1.82, 2.24) is 4.98 Å². The Morgan fingerprint density at radius 1 is 1.40 bits per heavy atom. The number of aromatic nitrogens is 1. The summed E-state index contributed by atoms with van der Waals surface area (Å²) in [6, 6.07) is 7.44. The van der Waals surface area contributed by atoms with E-state index >= 15 is 0 Å². The molecule has 2 aromatic rings. The summed E-state index contributed by atoms with van der Waals surface area (Å²) >= 11 is 0. The fourth-order valence-electron chi connectivity index (χ4n) is 1.35. The van der Waals surface area contributed by atoms with Crippen molar-refractivity contribution < 1.29 is 4.42 Å². The lowest BCUT2D eigenvalue weighted by atomic mass is 10.2. The first-order valence-electron chi connectivity index (χ1n) is 4.78. The van der Waals surface area contributed by atoms with Gasteiger partial charge in [-0.1, -0.05) is 0 Å². The minimum atomic E-state index is 0.0530. The Morgan fingerprint density at radius 3 is 2.93 bits per heavy atom. The highest BCUT2D eigenvalue weighted by molar-refractivity contribution is 5.60. The van der Waals surface area contributed by atoms with Crippen molar-refractivity contribution in [1.29, 1.82) is 0 Å². The van der Waals surface area contributed by atoms with Gasteiger partial charge in [0.2, 0.25) is 0 Å². The lowest BCUT2D eigenvalue weighted by Gasteiger charge is -2.13. The van der Waals surface area contributed by atoms with Crippen LogP contribution in [-0.4, -0.2) is 4.98 Å². The molecule has 2 rings (SSSR count). The van der Waals surface area contributed by atoms with Crippen LogP contribution in [0.3, 0.4) is 0 Å². The summed E-state index contributed by atoms with van der Waals surface area (Å²) in [6.45, 7) is 1.99. The van der Waals surface area contributed by atoms with Gasteiger partial charge >= 0.3 is 0 Å². The van der Waals surface area contributed by atoms with Gasteiger partial charge in [-0.2, -0.15) is 0 Å². The molecule has 0 amide bonds. The summed E-state index contributed by atoms with van der Waals surface area (Å²) in [6.07, 6.45) is 3.35. The van der Waals surface area contributed by atoms with Crippen molar-refractivity contribution in [3.63, 3.8) is 0 Å². The van der Waals surface area contributed by atoms with Crippen molar-refractivity contribution >= 4 is 11.5 Å². The van der Waals surface area contributed by atoms with E-state index in [1.54, 1.807) is 18.5 Å². The van der Waals surface area contributed by atoms with Gasteiger partial charge in [-0.3, -0.25) is 0 Å². The molecule has 2 heterocycles. The zero-order valence-corrected chi connectivity index (χ0v) is 8.47. The van der Waals surface area contributed by atoms with Gasteiger partial charge in [0, 0.05) is 6.20 Å². The zero-order valence-electron chi connectivity index (χ0n) is 8.47. The van der Waals surface area contributed by atoms with Gasteiger partial charge in [0.25, 0.3) is 0 Å². The van der Waals surface area contributed by atoms with E-state index in [0.717, 1.165) is 5.76 Å². The topological polar surface area (TPSA) is 64.1 Å². The van der Waals surface area contributed by atoms with E-state index in [1.165, 1.54) is 0 Å². The van der Waals surface area contributed by atoms with Gasteiger partial charge in [-0.25, -0.2) is 4.98 Å². The van der Waals surface area contributed by atoms with Gasteiger partial charge < -0.3 is 15.5 Å². The second kappa shape index (κ2) is 4.04. The molecule has 1 unspecified atom stereocenters. The molecule has 1 atom stereocenters. The number of hydrogen-bond acceptors (Lipinski definition) is 4. The van der Waals surface area contributed by atoms with Gasteiger partial charge in [0.1, 0.15) is 11.6 Å². The van der Waals surface area contributed by atoms with Crippen LogP contribution < -0.4 is 11.1 Å². The third-order valence-electron chi connectivity index (χ3n) is 2.16. The van der Waals surface area contributed by atoms with Crippen molar-refractivity contribution in [2.24, 2.45) is 0 Å². The molecule has 0 saturated heterocycles. The van der Waals surface area contributed by atoms with E-state index in [1.807, 2.05) is 25.1 Å². The van der Waals surface area contributed by atoms with Crippen LogP contribution in [-0.2, 0) is 0 Å². The normalized spacial score (nSPS) is 12.3. The number of nitrogens with zero attached hydrogens (tertiary/aromatic N) is 1. The fraction of sp³-hybridized carbons (Fsp3) is 0.182. The number of furan rings is 1. The van der Waals surface area contributed by atoms with Crippen LogP contribution in [0.5, 0.6) is 0 Å². The molecule has 0 aliphatic carbocycles. The first-order chi connectivity index (χ1) is 7.27. The molecule has 4 heteroatoms. The molecule has 0 saturated carbocycles. The SMILES string of the molecule is CC(Nc1ncccc1N)c1ccco1. The first-order valence-corrected chi connectivity index (χ1v) is 4.78. The maximum atomic E-state index is 5.77. The Kier molecular flexibility index (Phi) is 2.58. The third kappa shape index (κ3) is 2.10. The highest BCUT2D eigenvalue weighted by atomic mass is 16.3. The number of anilines is 2. The summed E-state index contributed by atoms with van der Waals surface area (Å²) in [5.74, 6) is 1.54. The van der Waals surface area contributed by atoms with Crippen LogP contribution in [0.1, 0.15) is 18.7 Å². The number of hydrogen-bond donors (Lipinski definition) is 2. The van der Waals surface area contributed by atoms with Crippen LogP contribution in [0.4, 0.5) is 11.5 Å². The van der Waals surface area contributed by atoms with Gasteiger partial charge in [0.05, 0.1) is 18.0 Å². The molecule has 78 valence electrons. The number of nitrogens with one attached hydrogen (secondary N) is 1. The van der Waals surface area contributed by atoms with Crippen molar-refractivity contribution in [3.8, 4) is 0 Å². The maximum Gasteiger partial charge on any atom is 0.149 e. The molecular weight excluding hydrogens is 190 g/mol. The predicted octanol–water partition coefficient (Wildman–Crippen LogP) is 2.43. The number of rotatable bonds is 3. The Hall–Kier alpha value is -1.97. The fourth-order valence-corrected chi connectivity index (χ4v) is 1.35. The van der Waals surface area contributed by atoms with Crippen LogP contribution in [0.2, 0.25) is 0 Å². The lowest BCUT2D eigenvalue weighted by molar-refractivity contribution is 0.490. The minimum absolute atomic E-state index is 0.0530. The van der Waals surface area contributed by atoms with E-state index in [2.05, 4.69) is 10.3 Å². The number of pyridine rings is 1. The largest absolute Gasteiger partial charge is 0.467 e. The smallest absolute Gasteiger partial charge is 0.149 e. The average Bonchev–Trinajstić information content (AvgIpc) is 2.74. The summed E-state index contributed by atoms with van der Waals surface area (Å²) in [4.78, 5) is 4.15. The average molecular weight is 203 g/mol. The Bertz CT molecular complexity index is 425. The predicted molar refractivity (Wildman–Crippen MR) is 59.4 cm³/mol. The molecule has 4 nitrogen and oxygen atoms in total. The highest BCUT2D eigenvalue weighted by Gasteiger charge is 2.09. The summed E-state index contributed by atoms with van der Waals surface area (Å²) in [5.41, 5.74) is 6.40. The molecule has 0 aliphatic heterocycles. The summed E-state index contributed by atoms with van der Waals surface area (Å²) < 4.78 is 5.28. The van der Waals surface area contributed by atoms with E-state index in [4.69, 9.17) is 10.2 Å². The van der Waals surface area contributed by atoms with Crippen LogP contribution in [0.25, 0.3) is 0 Å². The van der Waals surface area contributed by atoms with Crippen molar-refractivity contribution in [2.45, 2.75) is 13.0 Å². The standard InChI is InChI=1S/C11H13N3O/c1-8(10-5-3-7-15-10)14-11-9(12)4-2-6-13-11/h2-8H,12H2,1H3,(H,13,14). The summed E-state index contributed by atoms with van der Waals surface area (Å²) in [5, 5.41) is 3.18. The van der Waals surface area contributed by atoms with E-state index < -0.39 is 0 Å². The van der Waals surface area contributed by atoms with E-state index in [9.17, 15) is 0 Å². The molecule has 2 aromatic heterocycles. The molecule has 0 aliphatic rings. The Labute approximate surface area is 88.1 Å². The van der Waals surface area contributed by atoms with E-state index in [-0.39, 0.29) is 6.04 Å². The monoisotopic (exact) mass is 203 g/mol. The second-order valence-electron chi connectivity index (χ2n) is 3.32. The van der Waals surface area contributed by atoms with Crippen LogP contribution >= 0.6 is 0 Å². The third-order valence-corrected chi connectivity index (χ3v) is 2.16. The van der Waals surface area contributed by atoms with E-state index in [0.29, 0.717) is 11.5 Å². The van der Waals surface area contributed by atoms with Gasteiger partial charge in [-0.05, 0) is 31.2 Å². The lowest BCUT2D eigenvalue weighted by Crippen LogP contribution is -2.08. The van der Waals surface area contributed by atoms with Crippen molar-refractivity contribution in [2.75, 3.05) is 11.1 Å². The Morgan fingerprint density at radius 2 is 2.27 bits per heavy atom. The number of nitrogens with two attached hydrogens (primary N) is 1. The maximum absolute atomic E-state index is 5.77. The molecule has 0 radical (unpaired) electrons. The molecule has 0 fully saturated rings. The molecule has 0 spiro atoms. The van der Waals surface area contributed by atoms with Gasteiger partial charge in [0.15, 0.2) is 0 Å². The van der Waals surface area contributed by atoms with Crippen molar-refractivity contribution in [3.05, 3.63) is 42.5 Å². The number of nitrogen functional groups attached to an aromatic ring is 1. The minimum Gasteiger partial charge on any atom is -0.467 e. The highest BCUT2D eigenvalue weighted by Crippen LogP contribution is 2.21. The van der Waals surface area contributed by atoms with Crippen LogP contribution in [0, 0.1) is 0 Å². The molecule has 15 heavy (non-hydrogen) atoms. The first kappa shape index (κ1) is 9.58. The Balaban J connectivity index is 2.13. The van der Waals surface area contributed by atoms with Gasteiger partial charge in [-0.15, -0.1) is 0 Å². The summed E-state index contributed by atoms with van der Waals surface area (Å²) in [7, 11) is 0. The molecule has 0 aromatic carbocycles. The molecule has 0 bridgehead atoms. The quantitative estimate of drug-likeness (QED) is 0.804. The second-order valence-corrected chi connectivity index (χ2v) is 3.32. The molecule has 3 N–H and O–H groups in total. The zero-order chi connectivity index (χ0) is 10.7. The van der Waals surface area contributed by atoms with Crippen LogP contribution in [0.15, 0.2) is 41.1 Å². The molecular formula is C11H13N3O.